The first kappa shape index (κ1) is 32.3. The van der Waals surface area contributed by atoms with Gasteiger partial charge in [0.2, 0.25) is 23.6 Å². The number of nitrogens with two attached hydrogens (primary N) is 2. The molecule has 4 amide bonds. The van der Waals surface area contributed by atoms with Crippen molar-refractivity contribution >= 4 is 46.2 Å². The Hall–Kier alpha value is -5.20. The molecule has 2 aromatic carbocycles. The minimum atomic E-state index is -1.04. The number of anilines is 1. The second-order valence-corrected chi connectivity index (χ2v) is 10.1. The number of carbonyl (C=O) groups excluding carboxylic acids is 4. The molecular formula is C30H37N7O6. The Kier molecular flexibility index (Phi) is 11.4. The predicted octanol–water partition coefficient (Wildman–Crippen LogP) is 0.830. The molecular weight excluding hydrogens is 554 g/mol. The maximum atomic E-state index is 13.3. The van der Waals surface area contributed by atoms with Crippen molar-refractivity contribution in [2.75, 3.05) is 11.9 Å². The van der Waals surface area contributed by atoms with Gasteiger partial charge in [0.05, 0.1) is 0 Å². The average molecular weight is 592 g/mol. The summed E-state index contributed by atoms with van der Waals surface area (Å²) < 4.78 is 5.26. The summed E-state index contributed by atoms with van der Waals surface area (Å²) in [5.41, 5.74) is 12.5. The smallest absolute Gasteiger partial charge is 0.336 e. The van der Waals surface area contributed by atoms with E-state index in [2.05, 4.69) is 26.3 Å². The van der Waals surface area contributed by atoms with E-state index in [1.807, 2.05) is 30.3 Å². The van der Waals surface area contributed by atoms with E-state index in [9.17, 15) is 24.0 Å². The summed E-state index contributed by atoms with van der Waals surface area (Å²) in [5, 5.41) is 11.4. The highest BCUT2D eigenvalue weighted by molar-refractivity contribution is 6.00. The van der Waals surface area contributed by atoms with E-state index >= 15 is 0 Å². The minimum absolute atomic E-state index is 0.0986. The molecule has 3 aromatic rings. The highest BCUT2D eigenvalue weighted by Gasteiger charge is 2.27. The Morgan fingerprint density at radius 2 is 1.63 bits per heavy atom. The molecule has 0 saturated carbocycles. The summed E-state index contributed by atoms with van der Waals surface area (Å²) >= 11 is 0. The summed E-state index contributed by atoms with van der Waals surface area (Å²) in [6, 6.07) is 12.4. The van der Waals surface area contributed by atoms with Crippen LogP contribution in [0.2, 0.25) is 0 Å². The summed E-state index contributed by atoms with van der Waals surface area (Å²) in [6.45, 7) is 4.78. The van der Waals surface area contributed by atoms with Crippen LogP contribution in [-0.4, -0.2) is 54.3 Å². The van der Waals surface area contributed by atoms with Crippen LogP contribution in [0, 0.1) is 6.92 Å². The lowest BCUT2D eigenvalue weighted by Crippen LogP contribution is -2.55. The standard InChI is InChI=1S/C30H37N7O6/c1-17-14-26(39)43-25-16-21(11-12-22(17)25)36-28(41)23(10-7-13-33-30(31)32)37-27(40)18(2)34-29(42)24(35-19(3)38)15-20-8-5-4-6-9-20/h4-6,8-9,11-12,14,16,18,23-24H,7,10,13,15H2,1-3H3,(H,34,42)(H,35,38)(H,36,41)(H,37,40)(H4,31,32,33)/t18-,23-,24-/m0/s1. The van der Waals surface area contributed by atoms with Gasteiger partial charge in [-0.25, -0.2) is 4.79 Å². The van der Waals surface area contributed by atoms with E-state index in [4.69, 9.17) is 15.9 Å². The van der Waals surface area contributed by atoms with E-state index in [-0.39, 0.29) is 25.3 Å². The number of guanidine groups is 1. The molecule has 43 heavy (non-hydrogen) atoms. The predicted molar refractivity (Wildman–Crippen MR) is 163 cm³/mol. The molecule has 0 aliphatic carbocycles. The van der Waals surface area contributed by atoms with Gasteiger partial charge in [-0.1, -0.05) is 30.3 Å². The molecule has 13 heteroatoms. The zero-order valence-corrected chi connectivity index (χ0v) is 24.3. The van der Waals surface area contributed by atoms with Gasteiger partial charge in [-0.15, -0.1) is 0 Å². The number of hydrogen-bond acceptors (Lipinski definition) is 7. The van der Waals surface area contributed by atoms with Crippen molar-refractivity contribution < 1.29 is 23.6 Å². The zero-order chi connectivity index (χ0) is 31.5. The van der Waals surface area contributed by atoms with Crippen LogP contribution >= 0.6 is 0 Å². The van der Waals surface area contributed by atoms with Gasteiger partial charge < -0.3 is 37.2 Å². The Morgan fingerprint density at radius 1 is 0.907 bits per heavy atom. The molecule has 0 aliphatic heterocycles. The van der Waals surface area contributed by atoms with Gasteiger partial charge in [0, 0.05) is 43.1 Å². The molecule has 3 atom stereocenters. The average Bonchev–Trinajstić information content (AvgIpc) is 2.94. The molecule has 228 valence electrons. The van der Waals surface area contributed by atoms with Crippen molar-refractivity contribution in [1.82, 2.24) is 16.0 Å². The molecule has 0 spiro atoms. The van der Waals surface area contributed by atoms with E-state index in [0.29, 0.717) is 23.1 Å². The molecule has 13 nitrogen and oxygen atoms in total. The first-order valence-electron chi connectivity index (χ1n) is 13.8. The maximum Gasteiger partial charge on any atom is 0.336 e. The van der Waals surface area contributed by atoms with Crippen molar-refractivity contribution in [2.24, 2.45) is 16.5 Å². The van der Waals surface area contributed by atoms with Crippen LogP contribution in [0.15, 0.2) is 68.8 Å². The summed E-state index contributed by atoms with van der Waals surface area (Å²) in [5.74, 6) is -2.20. The molecule has 0 radical (unpaired) electrons. The highest BCUT2D eigenvalue weighted by atomic mass is 16.4. The molecule has 3 rings (SSSR count). The normalized spacial score (nSPS) is 12.8. The van der Waals surface area contributed by atoms with E-state index < -0.39 is 47.4 Å². The fourth-order valence-corrected chi connectivity index (χ4v) is 4.39. The van der Waals surface area contributed by atoms with Crippen LogP contribution in [0.4, 0.5) is 5.69 Å². The number of fused-ring (bicyclic) bond motifs is 1. The number of benzene rings is 2. The molecule has 8 N–H and O–H groups in total. The van der Waals surface area contributed by atoms with Crippen LogP contribution < -0.4 is 38.4 Å². The second-order valence-electron chi connectivity index (χ2n) is 10.1. The van der Waals surface area contributed by atoms with Gasteiger partial charge in [0.15, 0.2) is 5.96 Å². The monoisotopic (exact) mass is 591 g/mol. The van der Waals surface area contributed by atoms with Crippen molar-refractivity contribution in [1.29, 1.82) is 0 Å². The lowest BCUT2D eigenvalue weighted by atomic mass is 10.0. The summed E-state index contributed by atoms with van der Waals surface area (Å²) in [6.07, 6.45) is 0.769. The molecule has 0 fully saturated rings. The largest absolute Gasteiger partial charge is 0.423 e. The number of amides is 4. The van der Waals surface area contributed by atoms with Crippen molar-refractivity contribution in [3.63, 3.8) is 0 Å². The van der Waals surface area contributed by atoms with Crippen LogP contribution in [0.1, 0.15) is 37.8 Å². The number of rotatable bonds is 13. The van der Waals surface area contributed by atoms with Gasteiger partial charge in [0.25, 0.3) is 0 Å². The van der Waals surface area contributed by atoms with Gasteiger partial charge >= 0.3 is 5.63 Å². The van der Waals surface area contributed by atoms with E-state index in [1.165, 1.54) is 26.0 Å². The second kappa shape index (κ2) is 15.1. The van der Waals surface area contributed by atoms with Crippen LogP contribution in [0.3, 0.4) is 0 Å². The van der Waals surface area contributed by atoms with Crippen LogP contribution in [0.5, 0.6) is 0 Å². The Balaban J connectivity index is 1.71. The number of hydrogen-bond donors (Lipinski definition) is 6. The third kappa shape index (κ3) is 9.99. The Bertz CT molecular complexity index is 1550. The van der Waals surface area contributed by atoms with Gasteiger partial charge in [-0.2, -0.15) is 0 Å². The molecule has 1 aromatic heterocycles. The topological polar surface area (TPSA) is 211 Å². The Morgan fingerprint density at radius 3 is 2.30 bits per heavy atom. The number of nitrogens with one attached hydrogen (secondary N) is 4. The third-order valence-electron chi connectivity index (χ3n) is 6.53. The molecule has 0 saturated heterocycles. The fraction of sp³-hybridized carbons (Fsp3) is 0.333. The number of aryl methyl sites for hydroxylation is 1. The maximum absolute atomic E-state index is 13.3. The Labute approximate surface area is 248 Å². The first-order valence-corrected chi connectivity index (χ1v) is 13.8. The molecule has 1 heterocycles. The lowest BCUT2D eigenvalue weighted by Gasteiger charge is -2.23. The number of aliphatic imine (C=N–C) groups is 1. The quantitative estimate of drug-likeness (QED) is 0.0723. The van der Waals surface area contributed by atoms with Crippen molar-refractivity contribution in [2.45, 2.75) is 58.2 Å². The van der Waals surface area contributed by atoms with Gasteiger partial charge in [0.1, 0.15) is 23.7 Å². The summed E-state index contributed by atoms with van der Waals surface area (Å²) in [4.78, 5) is 66.9. The molecule has 0 unspecified atom stereocenters. The SMILES string of the molecule is CC(=O)N[C@@H](Cc1ccccc1)C(=O)N[C@@H](C)C(=O)N[C@@H](CCCN=C(N)N)C(=O)Nc1ccc2c(C)cc(=O)oc2c1. The molecule has 0 aliphatic rings. The third-order valence-corrected chi connectivity index (χ3v) is 6.53. The first-order chi connectivity index (χ1) is 20.4. The highest BCUT2D eigenvalue weighted by Crippen LogP contribution is 2.21. The summed E-state index contributed by atoms with van der Waals surface area (Å²) in [7, 11) is 0. The van der Waals surface area contributed by atoms with E-state index in [0.717, 1.165) is 11.1 Å². The van der Waals surface area contributed by atoms with E-state index in [1.54, 1.807) is 19.1 Å². The van der Waals surface area contributed by atoms with Crippen LogP contribution in [-0.2, 0) is 25.6 Å². The van der Waals surface area contributed by atoms with Gasteiger partial charge in [-0.05, 0) is 49.9 Å². The molecule has 0 bridgehead atoms. The van der Waals surface area contributed by atoms with Crippen molar-refractivity contribution in [3.05, 3.63) is 76.1 Å². The number of nitrogens with zero attached hydrogens (tertiary/aromatic N) is 1. The van der Waals surface area contributed by atoms with Crippen LogP contribution in [0.25, 0.3) is 11.0 Å². The van der Waals surface area contributed by atoms with Crippen molar-refractivity contribution in [3.8, 4) is 0 Å². The minimum Gasteiger partial charge on any atom is -0.423 e. The number of carbonyl (C=O) groups is 4. The zero-order valence-electron chi connectivity index (χ0n) is 24.3. The fourth-order valence-electron chi connectivity index (χ4n) is 4.39. The van der Waals surface area contributed by atoms with Gasteiger partial charge in [-0.3, -0.25) is 24.2 Å². The lowest BCUT2D eigenvalue weighted by molar-refractivity contribution is -0.132.